The van der Waals surface area contributed by atoms with Gasteiger partial charge in [0.1, 0.15) is 5.69 Å². The SMILES string of the molecule is Cn1cc(CNC(=O)CN2CCN(CC(=O)[O-])CCN(CC(=O)O)CCN(CC(=O)O)CC2)nn1.[Gd]. The molecule has 1 aliphatic heterocycles. The van der Waals surface area contributed by atoms with Gasteiger partial charge >= 0.3 is 11.9 Å². The number of amides is 1. The Balaban J connectivity index is 0.00000648. The van der Waals surface area contributed by atoms with Crippen molar-refractivity contribution in [3.63, 3.8) is 0 Å². The smallest absolute Gasteiger partial charge is 0.317 e. The summed E-state index contributed by atoms with van der Waals surface area (Å²) in [5.41, 5.74) is 0.605. The van der Waals surface area contributed by atoms with Gasteiger partial charge in [-0.1, -0.05) is 5.21 Å². The quantitative estimate of drug-likeness (QED) is 0.220. The molecular weight excluding hydrogens is 622 g/mol. The van der Waals surface area contributed by atoms with Gasteiger partial charge in [0.15, 0.2) is 0 Å². The standard InChI is InChI=1S/C20H34N8O7.Gd/c1-24-11-16(22-23-24)10-21-17(29)12-25-2-4-26(13-18(30)31)6-8-28(15-20(34)35)9-7-27(5-3-25)14-19(32)33;/h11H,2-10,12-15H2,1H3,(H,21,29)(H,30,31)(H,32,33)(H,34,35);/p-1. The second-order valence-corrected chi connectivity index (χ2v) is 8.42. The van der Waals surface area contributed by atoms with Crippen LogP contribution in [-0.4, -0.2) is 147 Å². The number of carbonyl (C=O) groups is 4. The average Bonchev–Trinajstić information content (AvgIpc) is 3.18. The molecule has 0 saturated carbocycles. The molecule has 204 valence electrons. The van der Waals surface area contributed by atoms with Gasteiger partial charge in [-0.05, 0) is 0 Å². The number of rotatable bonds is 10. The first kappa shape index (κ1) is 32.2. The monoisotopic (exact) mass is 655 g/mol. The fraction of sp³-hybridized carbons (Fsp3) is 0.700. The van der Waals surface area contributed by atoms with Crippen LogP contribution in [0.5, 0.6) is 0 Å². The average molecular weight is 655 g/mol. The van der Waals surface area contributed by atoms with E-state index < -0.39 is 17.9 Å². The predicted octanol–water partition coefficient (Wildman–Crippen LogP) is -4.43. The Hall–Kier alpha value is -1.82. The molecule has 3 N–H and O–H groups in total. The number of aromatic nitrogens is 3. The van der Waals surface area contributed by atoms with Gasteiger partial charge in [-0.25, -0.2) is 0 Å². The molecule has 1 saturated heterocycles. The third-order valence-electron chi connectivity index (χ3n) is 5.48. The van der Waals surface area contributed by atoms with E-state index in [1.807, 2.05) is 4.90 Å². The Morgan fingerprint density at radius 1 is 0.833 bits per heavy atom. The number of nitrogens with one attached hydrogen (secondary N) is 1. The summed E-state index contributed by atoms with van der Waals surface area (Å²) >= 11 is 0. The molecule has 0 aromatic carbocycles. The minimum Gasteiger partial charge on any atom is -0.549 e. The molecule has 0 aliphatic carbocycles. The van der Waals surface area contributed by atoms with E-state index in [0.717, 1.165) is 0 Å². The van der Waals surface area contributed by atoms with Gasteiger partial charge in [-0.3, -0.25) is 38.7 Å². The van der Waals surface area contributed by atoms with Crippen molar-refractivity contribution in [2.45, 2.75) is 6.54 Å². The normalized spacial score (nSPS) is 17.4. The van der Waals surface area contributed by atoms with Crippen molar-refractivity contribution in [2.24, 2.45) is 7.05 Å². The van der Waals surface area contributed by atoms with Crippen molar-refractivity contribution < 1.29 is 74.4 Å². The van der Waals surface area contributed by atoms with E-state index in [-0.39, 0.29) is 85.1 Å². The summed E-state index contributed by atoms with van der Waals surface area (Å²) in [5.74, 6) is -3.53. The fourth-order valence-corrected chi connectivity index (χ4v) is 3.70. The number of carboxylic acids is 3. The van der Waals surface area contributed by atoms with Gasteiger partial charge < -0.3 is 25.4 Å². The van der Waals surface area contributed by atoms with Gasteiger partial charge in [-0.15, -0.1) is 5.10 Å². The number of hydrogen-bond donors (Lipinski definition) is 3. The first-order valence-electron chi connectivity index (χ1n) is 11.3. The van der Waals surface area contributed by atoms with E-state index in [1.165, 1.54) is 4.68 Å². The van der Waals surface area contributed by atoms with Crippen LogP contribution in [0.2, 0.25) is 0 Å². The maximum absolute atomic E-state index is 12.5. The molecule has 16 heteroatoms. The number of carboxylic acid groups (broad SMARTS) is 3. The molecule has 1 aromatic rings. The summed E-state index contributed by atoms with van der Waals surface area (Å²) in [6.45, 7) is 2.02. The number of nitrogens with zero attached hydrogens (tertiary/aromatic N) is 7. The molecule has 0 atom stereocenters. The van der Waals surface area contributed by atoms with Crippen molar-refractivity contribution in [3.05, 3.63) is 11.9 Å². The van der Waals surface area contributed by atoms with Crippen LogP contribution in [0.15, 0.2) is 6.20 Å². The molecule has 2 heterocycles. The van der Waals surface area contributed by atoms with Crippen LogP contribution < -0.4 is 10.4 Å². The molecule has 0 unspecified atom stereocenters. The Morgan fingerprint density at radius 2 is 1.25 bits per heavy atom. The molecule has 15 nitrogen and oxygen atoms in total. The zero-order valence-electron chi connectivity index (χ0n) is 20.2. The van der Waals surface area contributed by atoms with Gasteiger partial charge in [0.25, 0.3) is 0 Å². The largest absolute Gasteiger partial charge is 0.549 e. The molecule has 1 aliphatic rings. The summed E-state index contributed by atoms with van der Waals surface area (Å²) in [6, 6.07) is 0. The van der Waals surface area contributed by atoms with Crippen LogP contribution in [0.3, 0.4) is 0 Å². The van der Waals surface area contributed by atoms with Crippen molar-refractivity contribution in [1.82, 2.24) is 39.9 Å². The number of hydrogen-bond acceptors (Lipinski definition) is 11. The number of aryl methyl sites for hydroxylation is 1. The Bertz CT molecular complexity index is 839. The summed E-state index contributed by atoms with van der Waals surface area (Å²) in [5, 5.41) is 40.2. The van der Waals surface area contributed by atoms with E-state index in [0.29, 0.717) is 51.5 Å². The molecular formula is C20H33GdN8O7-. The van der Waals surface area contributed by atoms with Gasteiger partial charge in [0.2, 0.25) is 5.91 Å². The maximum atomic E-state index is 12.5. The second-order valence-electron chi connectivity index (χ2n) is 8.42. The van der Waals surface area contributed by atoms with E-state index >= 15 is 0 Å². The minimum atomic E-state index is -1.25. The minimum absolute atomic E-state index is 0. The van der Waals surface area contributed by atoms with Crippen molar-refractivity contribution in [2.75, 3.05) is 78.5 Å². The maximum Gasteiger partial charge on any atom is 0.317 e. The second kappa shape index (κ2) is 16.8. The van der Waals surface area contributed by atoms with Crippen molar-refractivity contribution >= 4 is 23.8 Å². The van der Waals surface area contributed by atoms with E-state index in [9.17, 15) is 34.5 Å². The molecule has 36 heavy (non-hydrogen) atoms. The van der Waals surface area contributed by atoms with Crippen LogP contribution in [0.1, 0.15) is 5.69 Å². The van der Waals surface area contributed by atoms with Gasteiger partial charge in [-0.2, -0.15) is 0 Å². The van der Waals surface area contributed by atoms with Crippen LogP contribution in [-0.2, 0) is 32.8 Å². The molecule has 1 amide bonds. The molecule has 0 spiro atoms. The topological polar surface area (TPSA) is 187 Å². The summed E-state index contributed by atoms with van der Waals surface area (Å²) in [4.78, 5) is 53.1. The number of carbonyl (C=O) groups excluding carboxylic acids is 2. The van der Waals surface area contributed by atoms with Crippen molar-refractivity contribution in [1.29, 1.82) is 0 Å². The number of aliphatic carboxylic acids is 3. The van der Waals surface area contributed by atoms with Crippen LogP contribution >= 0.6 is 0 Å². The Morgan fingerprint density at radius 3 is 1.61 bits per heavy atom. The van der Waals surface area contributed by atoms with Crippen LogP contribution in [0.25, 0.3) is 0 Å². The van der Waals surface area contributed by atoms with Gasteiger partial charge in [0, 0.05) is 112 Å². The van der Waals surface area contributed by atoms with Crippen LogP contribution in [0.4, 0.5) is 0 Å². The van der Waals surface area contributed by atoms with Gasteiger partial charge in [0.05, 0.1) is 32.1 Å². The third-order valence-corrected chi connectivity index (χ3v) is 5.48. The van der Waals surface area contributed by atoms with Crippen LogP contribution in [0, 0.1) is 39.9 Å². The first-order valence-corrected chi connectivity index (χ1v) is 11.3. The third kappa shape index (κ3) is 13.5. The molecule has 1 aromatic heterocycles. The Kier molecular flexibility index (Phi) is 15.1. The molecule has 0 bridgehead atoms. The van der Waals surface area contributed by atoms with E-state index in [4.69, 9.17) is 0 Å². The summed E-state index contributed by atoms with van der Waals surface area (Å²) < 4.78 is 1.53. The molecule has 0 radical (unpaired) electrons. The predicted molar refractivity (Wildman–Crippen MR) is 119 cm³/mol. The van der Waals surface area contributed by atoms with E-state index in [1.54, 1.807) is 27.9 Å². The fourth-order valence-electron chi connectivity index (χ4n) is 3.70. The summed E-state index contributed by atoms with van der Waals surface area (Å²) in [6.07, 6.45) is 1.69. The first-order chi connectivity index (χ1) is 16.6. The van der Waals surface area contributed by atoms with E-state index in [2.05, 4.69) is 15.6 Å². The van der Waals surface area contributed by atoms with Crippen molar-refractivity contribution in [3.8, 4) is 0 Å². The molecule has 2 rings (SSSR count). The zero-order chi connectivity index (χ0) is 25.8. The Labute approximate surface area is 241 Å². The molecule has 1 fully saturated rings. The zero-order valence-corrected chi connectivity index (χ0v) is 22.5. The summed E-state index contributed by atoms with van der Waals surface area (Å²) in [7, 11) is 1.72.